The Labute approximate surface area is 118 Å². The average Bonchev–Trinajstić information content (AvgIpc) is 2.52. The van der Waals surface area contributed by atoms with E-state index in [1.54, 1.807) is 0 Å². The quantitative estimate of drug-likeness (QED) is 0.849. The van der Waals surface area contributed by atoms with E-state index in [-0.39, 0.29) is 5.54 Å². The van der Waals surface area contributed by atoms with E-state index in [1.165, 1.54) is 25.7 Å². The fourth-order valence-corrected chi connectivity index (χ4v) is 5.83. The van der Waals surface area contributed by atoms with Gasteiger partial charge in [0.25, 0.3) is 0 Å². The molecule has 1 saturated carbocycles. The molecule has 0 bridgehead atoms. The van der Waals surface area contributed by atoms with Crippen molar-refractivity contribution < 1.29 is 8.42 Å². The molecule has 1 saturated heterocycles. The molecule has 0 aromatic carbocycles. The first-order valence-corrected chi connectivity index (χ1v) is 9.40. The van der Waals surface area contributed by atoms with Gasteiger partial charge in [-0.25, -0.2) is 8.42 Å². The molecule has 2 aliphatic rings. The maximum atomic E-state index is 11.6. The second-order valence-electron chi connectivity index (χ2n) is 7.96. The first-order valence-electron chi connectivity index (χ1n) is 7.58. The molecular formula is C15H29NO2S. The smallest absolute Gasteiger partial charge is 0.152 e. The van der Waals surface area contributed by atoms with Crippen LogP contribution >= 0.6 is 0 Å². The summed E-state index contributed by atoms with van der Waals surface area (Å²) >= 11 is 0. The third kappa shape index (κ3) is 3.94. The summed E-state index contributed by atoms with van der Waals surface area (Å²) < 4.78 is 23.3. The predicted octanol–water partition coefficient (Wildman–Crippen LogP) is 2.76. The Hall–Kier alpha value is -0.0900. The highest BCUT2D eigenvalue weighted by Gasteiger charge is 2.40. The number of rotatable bonds is 2. The summed E-state index contributed by atoms with van der Waals surface area (Å²) in [5.41, 5.74) is 0.226. The van der Waals surface area contributed by atoms with Crippen LogP contribution in [0.1, 0.15) is 59.8 Å². The van der Waals surface area contributed by atoms with Crippen molar-refractivity contribution >= 4 is 9.84 Å². The molecule has 2 fully saturated rings. The van der Waals surface area contributed by atoms with E-state index < -0.39 is 9.84 Å². The molecule has 19 heavy (non-hydrogen) atoms. The normalized spacial score (nSPS) is 39.4. The van der Waals surface area contributed by atoms with E-state index in [1.807, 2.05) is 0 Å². The van der Waals surface area contributed by atoms with E-state index in [0.29, 0.717) is 23.0 Å². The Balaban J connectivity index is 1.87. The van der Waals surface area contributed by atoms with Gasteiger partial charge in [0.1, 0.15) is 0 Å². The van der Waals surface area contributed by atoms with Gasteiger partial charge in [0, 0.05) is 11.6 Å². The number of nitrogens with one attached hydrogen (secondary N) is 1. The zero-order valence-corrected chi connectivity index (χ0v) is 13.6. The molecule has 0 aromatic heterocycles. The molecule has 0 radical (unpaired) electrons. The monoisotopic (exact) mass is 287 g/mol. The zero-order chi connectivity index (χ0) is 14.3. The Bertz CT molecular complexity index is 416. The van der Waals surface area contributed by atoms with Gasteiger partial charge < -0.3 is 5.32 Å². The molecule has 1 N–H and O–H groups in total. The maximum absolute atomic E-state index is 11.6. The highest BCUT2D eigenvalue weighted by molar-refractivity contribution is 7.91. The van der Waals surface area contributed by atoms with Crippen molar-refractivity contribution in [3.05, 3.63) is 0 Å². The van der Waals surface area contributed by atoms with Crippen LogP contribution in [0.15, 0.2) is 0 Å². The Morgan fingerprint density at radius 3 is 2.11 bits per heavy atom. The Morgan fingerprint density at radius 1 is 1.11 bits per heavy atom. The van der Waals surface area contributed by atoms with Crippen molar-refractivity contribution in [2.45, 2.75) is 71.4 Å². The van der Waals surface area contributed by atoms with Gasteiger partial charge in [-0.15, -0.1) is 0 Å². The summed E-state index contributed by atoms with van der Waals surface area (Å²) in [5, 5.41) is 3.64. The molecule has 0 aromatic rings. The van der Waals surface area contributed by atoms with Gasteiger partial charge in [-0.2, -0.15) is 0 Å². The van der Waals surface area contributed by atoms with Crippen LogP contribution in [0, 0.1) is 11.3 Å². The van der Waals surface area contributed by atoms with Crippen LogP contribution < -0.4 is 5.32 Å². The molecule has 1 unspecified atom stereocenters. The number of hydrogen-bond donors (Lipinski definition) is 1. The van der Waals surface area contributed by atoms with E-state index in [9.17, 15) is 8.42 Å². The van der Waals surface area contributed by atoms with Gasteiger partial charge in [-0.1, -0.05) is 20.8 Å². The van der Waals surface area contributed by atoms with Crippen LogP contribution in [-0.2, 0) is 9.84 Å². The second-order valence-corrected chi connectivity index (χ2v) is 10.1. The van der Waals surface area contributed by atoms with Gasteiger partial charge in [-0.3, -0.25) is 0 Å². The molecule has 4 heteroatoms. The molecule has 112 valence electrons. The maximum Gasteiger partial charge on any atom is 0.152 e. The largest absolute Gasteiger partial charge is 0.308 e. The van der Waals surface area contributed by atoms with Crippen LogP contribution in [0.5, 0.6) is 0 Å². The molecule has 3 nitrogen and oxygen atoms in total. The van der Waals surface area contributed by atoms with Gasteiger partial charge in [0.05, 0.1) is 11.5 Å². The van der Waals surface area contributed by atoms with E-state index in [2.05, 4.69) is 33.0 Å². The van der Waals surface area contributed by atoms with Crippen molar-refractivity contribution in [1.29, 1.82) is 0 Å². The fourth-order valence-electron chi connectivity index (χ4n) is 3.72. The first kappa shape index (κ1) is 15.3. The number of hydrogen-bond acceptors (Lipinski definition) is 3. The molecule has 2 rings (SSSR count). The minimum atomic E-state index is -2.80. The lowest BCUT2D eigenvalue weighted by Crippen LogP contribution is -2.50. The van der Waals surface area contributed by atoms with Gasteiger partial charge in [0.15, 0.2) is 9.84 Å². The standard InChI is InChI=1S/C15H29NO2S/c1-14(2,3)12-5-7-13(8-6-12)16-15(4)9-10-19(17,18)11-15/h12-13,16H,5-11H2,1-4H3. The molecule has 1 atom stereocenters. The summed E-state index contributed by atoms with van der Waals surface area (Å²) in [6.07, 6.45) is 5.69. The summed E-state index contributed by atoms with van der Waals surface area (Å²) in [4.78, 5) is 0. The SMILES string of the molecule is CC1(NC2CCC(C(C)(C)C)CC2)CCS(=O)(=O)C1. The molecule has 0 spiro atoms. The molecule has 0 amide bonds. The minimum Gasteiger partial charge on any atom is -0.308 e. The third-order valence-corrected chi connectivity index (χ3v) is 6.91. The molecule has 1 heterocycles. The van der Waals surface area contributed by atoms with Crippen LogP contribution in [0.2, 0.25) is 0 Å². The van der Waals surface area contributed by atoms with Crippen LogP contribution in [0.4, 0.5) is 0 Å². The topological polar surface area (TPSA) is 46.2 Å². The van der Waals surface area contributed by atoms with Gasteiger partial charge in [-0.05, 0) is 50.4 Å². The fraction of sp³-hybridized carbons (Fsp3) is 1.00. The van der Waals surface area contributed by atoms with Crippen molar-refractivity contribution in [2.75, 3.05) is 11.5 Å². The Kier molecular flexibility index (Phi) is 4.05. The van der Waals surface area contributed by atoms with Crippen LogP contribution in [0.25, 0.3) is 0 Å². The highest BCUT2D eigenvalue weighted by atomic mass is 32.2. The Morgan fingerprint density at radius 2 is 1.68 bits per heavy atom. The average molecular weight is 287 g/mol. The summed E-state index contributed by atoms with van der Waals surface area (Å²) in [5.74, 6) is 1.48. The van der Waals surface area contributed by atoms with Crippen molar-refractivity contribution in [1.82, 2.24) is 5.32 Å². The molecular weight excluding hydrogens is 258 g/mol. The lowest BCUT2D eigenvalue weighted by atomic mass is 9.71. The molecule has 1 aliphatic carbocycles. The van der Waals surface area contributed by atoms with Gasteiger partial charge in [0.2, 0.25) is 0 Å². The second kappa shape index (κ2) is 5.03. The summed E-state index contributed by atoms with van der Waals surface area (Å²) in [6, 6.07) is 0.511. The van der Waals surface area contributed by atoms with E-state index in [4.69, 9.17) is 0 Å². The zero-order valence-electron chi connectivity index (χ0n) is 12.8. The number of sulfone groups is 1. The van der Waals surface area contributed by atoms with Crippen molar-refractivity contribution in [3.63, 3.8) is 0 Å². The van der Waals surface area contributed by atoms with E-state index in [0.717, 1.165) is 12.3 Å². The van der Waals surface area contributed by atoms with Crippen LogP contribution in [-0.4, -0.2) is 31.5 Å². The van der Waals surface area contributed by atoms with Crippen molar-refractivity contribution in [2.24, 2.45) is 11.3 Å². The van der Waals surface area contributed by atoms with Crippen molar-refractivity contribution in [3.8, 4) is 0 Å². The van der Waals surface area contributed by atoms with E-state index >= 15 is 0 Å². The predicted molar refractivity (Wildman–Crippen MR) is 80.0 cm³/mol. The highest BCUT2D eigenvalue weighted by Crippen LogP contribution is 2.38. The first-order chi connectivity index (χ1) is 8.60. The third-order valence-electron chi connectivity index (χ3n) is 5.01. The lowest BCUT2D eigenvalue weighted by Gasteiger charge is -2.40. The lowest BCUT2D eigenvalue weighted by molar-refractivity contribution is 0.149. The molecule has 1 aliphatic heterocycles. The van der Waals surface area contributed by atoms with Gasteiger partial charge >= 0.3 is 0 Å². The summed E-state index contributed by atoms with van der Waals surface area (Å²) in [6.45, 7) is 9.07. The van der Waals surface area contributed by atoms with Crippen LogP contribution in [0.3, 0.4) is 0 Å². The summed E-state index contributed by atoms with van der Waals surface area (Å²) in [7, 11) is -2.80. The minimum absolute atomic E-state index is 0.182.